The van der Waals surface area contributed by atoms with Crippen molar-refractivity contribution in [3.05, 3.63) is 40.1 Å². The number of nitriles is 1. The van der Waals surface area contributed by atoms with Crippen LogP contribution >= 0.6 is 35.7 Å². The molecule has 0 amide bonds. The highest BCUT2D eigenvalue weighted by atomic mass is 32.2. The maximum Gasteiger partial charge on any atom is 0.123 e. The number of anilines is 1. The Labute approximate surface area is 114 Å². The second-order valence-corrected chi connectivity index (χ2v) is 6.17. The molecular weight excluding hydrogens is 268 g/mol. The molecule has 1 heterocycles. The summed E-state index contributed by atoms with van der Waals surface area (Å²) in [6, 6.07) is 11.9. The molecule has 0 saturated carbocycles. The van der Waals surface area contributed by atoms with Gasteiger partial charge in [0.1, 0.15) is 16.6 Å². The molecule has 1 N–H and O–H groups in total. The molecule has 1 aliphatic heterocycles. The lowest BCUT2D eigenvalue weighted by Gasteiger charge is -2.08. The van der Waals surface area contributed by atoms with Gasteiger partial charge in [0.2, 0.25) is 0 Å². The molecule has 2 nitrogen and oxygen atoms in total. The minimum absolute atomic E-state index is 0.510. The van der Waals surface area contributed by atoms with Crippen LogP contribution in [0.3, 0.4) is 0 Å². The van der Waals surface area contributed by atoms with Crippen LogP contribution in [0.25, 0.3) is 0 Å². The van der Waals surface area contributed by atoms with E-state index >= 15 is 0 Å². The molecule has 86 valence electrons. The zero-order valence-electron chi connectivity index (χ0n) is 8.97. The summed E-state index contributed by atoms with van der Waals surface area (Å²) in [7, 11) is 0. The average Bonchev–Trinajstić information content (AvgIpc) is 2.85. The molecule has 1 aromatic carbocycles. The van der Waals surface area contributed by atoms with Gasteiger partial charge < -0.3 is 5.32 Å². The third-order valence-electron chi connectivity index (χ3n) is 2.12. The number of thiocarbonyl (C=S) groups is 1. The summed E-state index contributed by atoms with van der Waals surface area (Å²) in [4.78, 5) is 0.510. The van der Waals surface area contributed by atoms with Gasteiger partial charge in [-0.2, -0.15) is 5.26 Å². The van der Waals surface area contributed by atoms with Gasteiger partial charge in [0.15, 0.2) is 0 Å². The fourth-order valence-corrected chi connectivity index (χ4v) is 4.21. The Morgan fingerprint density at radius 2 is 1.88 bits per heavy atom. The Morgan fingerprint density at radius 1 is 1.24 bits per heavy atom. The number of thioether (sulfide) groups is 2. The summed E-state index contributed by atoms with van der Waals surface area (Å²) in [5.74, 6) is 2.11. The van der Waals surface area contributed by atoms with E-state index < -0.39 is 0 Å². The summed E-state index contributed by atoms with van der Waals surface area (Å²) in [5, 5.41) is 12.3. The van der Waals surface area contributed by atoms with Gasteiger partial charge in [0, 0.05) is 17.2 Å². The van der Waals surface area contributed by atoms with Gasteiger partial charge in [-0.15, -0.1) is 23.5 Å². The monoisotopic (exact) mass is 278 g/mol. The average molecular weight is 278 g/mol. The topological polar surface area (TPSA) is 35.8 Å². The summed E-state index contributed by atoms with van der Waals surface area (Å²) in [6.45, 7) is 0. The summed E-state index contributed by atoms with van der Waals surface area (Å²) >= 11 is 8.69. The minimum atomic E-state index is 0.510. The third kappa shape index (κ3) is 3.25. The Hall–Kier alpha value is -0.960. The molecule has 1 aromatic rings. The Morgan fingerprint density at radius 3 is 2.47 bits per heavy atom. The van der Waals surface area contributed by atoms with Crippen molar-refractivity contribution >= 4 is 46.4 Å². The van der Waals surface area contributed by atoms with E-state index in [4.69, 9.17) is 12.2 Å². The van der Waals surface area contributed by atoms with Crippen molar-refractivity contribution in [1.82, 2.24) is 0 Å². The van der Waals surface area contributed by atoms with Crippen molar-refractivity contribution in [3.63, 3.8) is 0 Å². The van der Waals surface area contributed by atoms with Gasteiger partial charge in [0.05, 0.1) is 4.24 Å². The van der Waals surface area contributed by atoms with Gasteiger partial charge in [-0.3, -0.25) is 0 Å². The summed E-state index contributed by atoms with van der Waals surface area (Å²) in [5.41, 5.74) is 1.51. The van der Waals surface area contributed by atoms with Crippen LogP contribution in [0.2, 0.25) is 0 Å². The number of nitrogens with one attached hydrogen (secondary N) is 1. The number of hydrogen-bond acceptors (Lipinski definition) is 4. The quantitative estimate of drug-likeness (QED) is 0.508. The highest BCUT2D eigenvalue weighted by Crippen LogP contribution is 2.38. The van der Waals surface area contributed by atoms with Gasteiger partial charge in [-0.25, -0.2) is 0 Å². The van der Waals surface area contributed by atoms with Crippen LogP contribution in [0, 0.1) is 11.3 Å². The van der Waals surface area contributed by atoms with E-state index in [1.807, 2.05) is 30.3 Å². The molecule has 1 aliphatic rings. The molecule has 5 heteroatoms. The molecule has 1 fully saturated rings. The van der Waals surface area contributed by atoms with Crippen molar-refractivity contribution in [3.8, 4) is 6.07 Å². The van der Waals surface area contributed by atoms with E-state index in [2.05, 4.69) is 11.4 Å². The second-order valence-electron chi connectivity index (χ2n) is 3.29. The molecular formula is C12H10N2S3. The molecule has 0 spiro atoms. The molecule has 17 heavy (non-hydrogen) atoms. The van der Waals surface area contributed by atoms with Gasteiger partial charge in [-0.1, -0.05) is 30.4 Å². The number of hydrogen-bond donors (Lipinski definition) is 1. The van der Waals surface area contributed by atoms with Crippen LogP contribution in [-0.4, -0.2) is 16.5 Å². The fraction of sp³-hybridized carbons (Fsp3) is 0.167. The predicted molar refractivity (Wildman–Crippen MR) is 80.2 cm³/mol. The Kier molecular flexibility index (Phi) is 4.49. The van der Waals surface area contributed by atoms with E-state index in [-0.39, 0.29) is 0 Å². The van der Waals surface area contributed by atoms with Gasteiger partial charge in [-0.05, 0) is 12.1 Å². The molecule has 1 saturated heterocycles. The smallest absolute Gasteiger partial charge is 0.123 e. The van der Waals surface area contributed by atoms with E-state index in [0.29, 0.717) is 10.6 Å². The van der Waals surface area contributed by atoms with Crippen LogP contribution in [0.1, 0.15) is 0 Å². The normalized spacial score (nSPS) is 14.2. The SMILES string of the molecule is N#CC(C(=S)Nc1ccccc1)=C1SCCS1. The van der Waals surface area contributed by atoms with Crippen LogP contribution in [0.4, 0.5) is 5.69 Å². The summed E-state index contributed by atoms with van der Waals surface area (Å²) < 4.78 is 1.04. The van der Waals surface area contributed by atoms with Crippen molar-refractivity contribution in [2.24, 2.45) is 0 Å². The first-order chi connectivity index (χ1) is 8.31. The lowest BCUT2D eigenvalue weighted by molar-refractivity contribution is 1.51. The Bertz CT molecular complexity index is 480. The summed E-state index contributed by atoms with van der Waals surface area (Å²) in [6.07, 6.45) is 0. The maximum atomic E-state index is 9.17. The van der Waals surface area contributed by atoms with Crippen molar-refractivity contribution in [2.75, 3.05) is 16.8 Å². The zero-order valence-corrected chi connectivity index (χ0v) is 11.4. The van der Waals surface area contributed by atoms with Crippen LogP contribution in [-0.2, 0) is 0 Å². The van der Waals surface area contributed by atoms with Gasteiger partial charge in [0.25, 0.3) is 0 Å². The maximum absolute atomic E-state index is 9.17. The number of nitrogens with zero attached hydrogens (tertiary/aromatic N) is 1. The van der Waals surface area contributed by atoms with Crippen molar-refractivity contribution in [1.29, 1.82) is 5.26 Å². The number of para-hydroxylation sites is 1. The molecule has 0 atom stereocenters. The van der Waals surface area contributed by atoms with Gasteiger partial charge >= 0.3 is 0 Å². The van der Waals surface area contributed by atoms with E-state index in [0.717, 1.165) is 21.4 Å². The standard InChI is InChI=1S/C12H10N2S3/c13-8-10(12-16-6-7-17-12)11(15)14-9-4-2-1-3-5-9/h1-5H,6-7H2,(H,14,15). The van der Waals surface area contributed by atoms with Crippen LogP contribution in [0.15, 0.2) is 40.1 Å². The lowest BCUT2D eigenvalue weighted by Crippen LogP contribution is -2.11. The van der Waals surface area contributed by atoms with Crippen molar-refractivity contribution < 1.29 is 0 Å². The number of rotatable bonds is 2. The first kappa shape index (κ1) is 12.5. The van der Waals surface area contributed by atoms with Crippen LogP contribution < -0.4 is 5.32 Å². The second kappa shape index (κ2) is 6.10. The highest BCUT2D eigenvalue weighted by molar-refractivity contribution is 8.25. The molecule has 2 rings (SSSR count). The lowest BCUT2D eigenvalue weighted by atomic mass is 10.3. The molecule has 0 radical (unpaired) electrons. The van der Waals surface area contributed by atoms with Crippen molar-refractivity contribution in [2.45, 2.75) is 0 Å². The molecule has 0 aromatic heterocycles. The van der Waals surface area contributed by atoms with Crippen LogP contribution in [0.5, 0.6) is 0 Å². The largest absolute Gasteiger partial charge is 0.345 e. The Balaban J connectivity index is 2.15. The fourth-order valence-electron chi connectivity index (χ4n) is 1.36. The molecule has 0 unspecified atom stereocenters. The minimum Gasteiger partial charge on any atom is -0.345 e. The molecule has 0 bridgehead atoms. The number of benzene rings is 1. The third-order valence-corrected chi connectivity index (χ3v) is 5.15. The van der Waals surface area contributed by atoms with E-state index in [9.17, 15) is 5.26 Å². The zero-order chi connectivity index (χ0) is 12.1. The predicted octanol–water partition coefficient (Wildman–Crippen LogP) is 3.64. The highest BCUT2D eigenvalue weighted by Gasteiger charge is 2.17. The van der Waals surface area contributed by atoms with E-state index in [1.54, 1.807) is 23.5 Å². The first-order valence-electron chi connectivity index (χ1n) is 5.07. The van der Waals surface area contributed by atoms with E-state index in [1.165, 1.54) is 0 Å². The molecule has 0 aliphatic carbocycles. The first-order valence-corrected chi connectivity index (χ1v) is 7.45.